The van der Waals surface area contributed by atoms with Gasteiger partial charge in [0.1, 0.15) is 22.9 Å². The maximum atomic E-state index is 13.8. The standard InChI is InChI=1S/C24H13Cl2F2N3O5/c25-15-10-12(29-24(33)30-23(32)21-17(27)6-3-7-18(21)28)11-16(26)22(15)36-20-9-8-19(31(34)35)13-4-1-2-5-14(13)20/h1-11H,(H2,29,30,32,33). The van der Waals surface area contributed by atoms with Gasteiger partial charge in [0.25, 0.3) is 11.6 Å². The van der Waals surface area contributed by atoms with Crippen LogP contribution in [0.3, 0.4) is 0 Å². The van der Waals surface area contributed by atoms with Gasteiger partial charge in [-0.1, -0.05) is 47.5 Å². The van der Waals surface area contributed by atoms with E-state index in [0.29, 0.717) is 10.8 Å². The maximum Gasteiger partial charge on any atom is 0.326 e. The molecule has 0 aliphatic heterocycles. The Balaban J connectivity index is 1.55. The highest BCUT2D eigenvalue weighted by Gasteiger charge is 2.21. The van der Waals surface area contributed by atoms with Crippen molar-refractivity contribution < 1.29 is 28.0 Å². The predicted molar refractivity (Wildman–Crippen MR) is 130 cm³/mol. The number of ether oxygens (including phenoxy) is 1. The zero-order chi connectivity index (χ0) is 26.0. The minimum Gasteiger partial charge on any atom is -0.454 e. The van der Waals surface area contributed by atoms with E-state index in [9.17, 15) is 28.5 Å². The summed E-state index contributed by atoms with van der Waals surface area (Å²) in [6.07, 6.45) is 0. The number of anilines is 1. The number of hydrogen-bond acceptors (Lipinski definition) is 5. The highest BCUT2D eigenvalue weighted by molar-refractivity contribution is 6.37. The molecule has 182 valence electrons. The average molecular weight is 532 g/mol. The van der Waals surface area contributed by atoms with E-state index in [1.54, 1.807) is 24.3 Å². The lowest BCUT2D eigenvalue weighted by Gasteiger charge is -2.14. The molecule has 0 unspecified atom stereocenters. The first kappa shape index (κ1) is 24.8. The molecule has 36 heavy (non-hydrogen) atoms. The Kier molecular flexibility index (Phi) is 7.00. The van der Waals surface area contributed by atoms with Gasteiger partial charge in [0.05, 0.1) is 20.4 Å². The molecule has 0 heterocycles. The molecule has 0 aliphatic rings. The van der Waals surface area contributed by atoms with Crippen molar-refractivity contribution in [3.05, 3.63) is 104 Å². The number of fused-ring (bicyclic) bond motifs is 1. The summed E-state index contributed by atoms with van der Waals surface area (Å²) in [7, 11) is 0. The van der Waals surface area contributed by atoms with Gasteiger partial charge in [-0.15, -0.1) is 0 Å². The van der Waals surface area contributed by atoms with E-state index >= 15 is 0 Å². The molecule has 0 saturated heterocycles. The Morgan fingerprint density at radius 3 is 2.11 bits per heavy atom. The molecular formula is C24H13Cl2F2N3O5. The topological polar surface area (TPSA) is 111 Å². The number of nitro benzene ring substituents is 1. The van der Waals surface area contributed by atoms with Gasteiger partial charge in [0, 0.05) is 17.1 Å². The molecule has 0 aliphatic carbocycles. The third-order valence-electron chi connectivity index (χ3n) is 4.94. The molecule has 0 bridgehead atoms. The molecule has 4 rings (SSSR count). The fourth-order valence-corrected chi connectivity index (χ4v) is 3.95. The fourth-order valence-electron chi connectivity index (χ4n) is 3.39. The molecule has 0 radical (unpaired) electrons. The lowest BCUT2D eigenvalue weighted by molar-refractivity contribution is -0.383. The van der Waals surface area contributed by atoms with Crippen molar-refractivity contribution in [2.45, 2.75) is 0 Å². The van der Waals surface area contributed by atoms with Crippen LogP contribution in [0.4, 0.5) is 25.0 Å². The number of nitrogens with one attached hydrogen (secondary N) is 2. The highest BCUT2D eigenvalue weighted by Crippen LogP contribution is 2.42. The SMILES string of the molecule is O=C(NC(=O)c1c(F)cccc1F)Nc1cc(Cl)c(Oc2ccc([N+](=O)[O-])c3ccccc23)c(Cl)c1. The second-order valence-electron chi connectivity index (χ2n) is 7.26. The number of nitro groups is 1. The molecule has 12 heteroatoms. The minimum atomic E-state index is -1.29. The number of rotatable bonds is 5. The van der Waals surface area contributed by atoms with Crippen molar-refractivity contribution >= 4 is 57.3 Å². The summed E-state index contributed by atoms with van der Waals surface area (Å²) in [5, 5.41) is 16.1. The first-order valence-corrected chi connectivity index (χ1v) is 10.8. The molecule has 0 aromatic heterocycles. The molecule has 0 saturated carbocycles. The van der Waals surface area contributed by atoms with Crippen LogP contribution in [0, 0.1) is 21.7 Å². The van der Waals surface area contributed by atoms with Crippen molar-refractivity contribution in [2.75, 3.05) is 5.32 Å². The van der Waals surface area contributed by atoms with Crippen LogP contribution in [0.5, 0.6) is 11.5 Å². The largest absolute Gasteiger partial charge is 0.454 e. The van der Waals surface area contributed by atoms with E-state index in [2.05, 4.69) is 5.32 Å². The number of imide groups is 1. The van der Waals surface area contributed by atoms with E-state index < -0.39 is 34.1 Å². The lowest BCUT2D eigenvalue weighted by atomic mass is 10.1. The normalized spacial score (nSPS) is 10.7. The number of carbonyl (C=O) groups is 2. The van der Waals surface area contributed by atoms with E-state index in [1.807, 2.05) is 5.32 Å². The number of carbonyl (C=O) groups excluding carboxylic acids is 2. The smallest absolute Gasteiger partial charge is 0.326 e. The van der Waals surface area contributed by atoms with E-state index in [-0.39, 0.29) is 32.9 Å². The Bertz CT molecular complexity index is 1500. The van der Waals surface area contributed by atoms with Gasteiger partial charge >= 0.3 is 6.03 Å². The summed E-state index contributed by atoms with van der Waals surface area (Å²) in [6, 6.07) is 13.5. The van der Waals surface area contributed by atoms with Gasteiger partial charge in [0.2, 0.25) is 0 Å². The third kappa shape index (κ3) is 5.04. The van der Waals surface area contributed by atoms with Crippen molar-refractivity contribution in [3.8, 4) is 11.5 Å². The van der Waals surface area contributed by atoms with E-state index in [0.717, 1.165) is 18.2 Å². The van der Waals surface area contributed by atoms with Crippen LogP contribution in [-0.4, -0.2) is 16.9 Å². The van der Waals surface area contributed by atoms with Crippen LogP contribution in [0.25, 0.3) is 10.8 Å². The molecule has 0 fully saturated rings. The summed E-state index contributed by atoms with van der Waals surface area (Å²) >= 11 is 12.6. The second-order valence-corrected chi connectivity index (χ2v) is 8.08. The first-order valence-electron chi connectivity index (χ1n) is 10.0. The van der Waals surface area contributed by atoms with Gasteiger partial charge in [-0.2, -0.15) is 0 Å². The molecular weight excluding hydrogens is 519 g/mol. The Morgan fingerprint density at radius 1 is 0.889 bits per heavy atom. The lowest BCUT2D eigenvalue weighted by Crippen LogP contribution is -2.35. The summed E-state index contributed by atoms with van der Waals surface area (Å²) < 4.78 is 33.3. The second kappa shape index (κ2) is 10.1. The third-order valence-corrected chi connectivity index (χ3v) is 5.50. The molecule has 4 aromatic carbocycles. The van der Waals surface area contributed by atoms with Crippen molar-refractivity contribution in [2.24, 2.45) is 0 Å². The Hall–Kier alpha value is -4.28. The minimum absolute atomic E-state index is 0.00722. The number of nitrogens with zero attached hydrogens (tertiary/aromatic N) is 1. The number of non-ortho nitro benzene ring substituents is 1. The molecule has 8 nitrogen and oxygen atoms in total. The molecule has 4 aromatic rings. The van der Waals surface area contributed by atoms with Crippen LogP contribution in [0.2, 0.25) is 10.0 Å². The van der Waals surface area contributed by atoms with Crippen molar-refractivity contribution in [3.63, 3.8) is 0 Å². The zero-order valence-electron chi connectivity index (χ0n) is 17.9. The van der Waals surface area contributed by atoms with Gasteiger partial charge in [0.15, 0.2) is 5.75 Å². The van der Waals surface area contributed by atoms with Crippen LogP contribution < -0.4 is 15.4 Å². The summed E-state index contributed by atoms with van der Waals surface area (Å²) in [6.45, 7) is 0. The number of amides is 3. The first-order chi connectivity index (χ1) is 17.2. The average Bonchev–Trinajstić information content (AvgIpc) is 2.81. The van der Waals surface area contributed by atoms with Crippen LogP contribution in [0.15, 0.2) is 66.7 Å². The quantitative estimate of drug-likeness (QED) is 0.211. The van der Waals surface area contributed by atoms with Crippen molar-refractivity contribution in [1.82, 2.24) is 5.32 Å². The highest BCUT2D eigenvalue weighted by atomic mass is 35.5. The maximum absolute atomic E-state index is 13.8. The Morgan fingerprint density at radius 2 is 1.50 bits per heavy atom. The van der Waals surface area contributed by atoms with Gasteiger partial charge < -0.3 is 10.1 Å². The van der Waals surface area contributed by atoms with Crippen LogP contribution in [-0.2, 0) is 0 Å². The molecule has 0 atom stereocenters. The van der Waals surface area contributed by atoms with Gasteiger partial charge in [-0.3, -0.25) is 20.2 Å². The number of urea groups is 1. The summed E-state index contributed by atoms with van der Waals surface area (Å²) in [5.41, 5.74) is -0.974. The molecule has 3 amide bonds. The summed E-state index contributed by atoms with van der Waals surface area (Å²) in [4.78, 5) is 35.1. The number of benzene rings is 4. The van der Waals surface area contributed by atoms with Crippen LogP contribution >= 0.6 is 23.2 Å². The van der Waals surface area contributed by atoms with Gasteiger partial charge in [-0.05, 0) is 36.4 Å². The summed E-state index contributed by atoms with van der Waals surface area (Å²) in [5.74, 6) is -3.30. The number of hydrogen-bond donors (Lipinski definition) is 2. The molecule has 0 spiro atoms. The molecule has 2 N–H and O–H groups in total. The predicted octanol–water partition coefficient (Wildman–Crippen LogP) is 7.09. The van der Waals surface area contributed by atoms with E-state index in [4.69, 9.17) is 27.9 Å². The monoisotopic (exact) mass is 531 g/mol. The number of halogens is 4. The van der Waals surface area contributed by atoms with Crippen LogP contribution in [0.1, 0.15) is 10.4 Å². The van der Waals surface area contributed by atoms with Gasteiger partial charge in [-0.25, -0.2) is 13.6 Å². The van der Waals surface area contributed by atoms with Crippen molar-refractivity contribution in [1.29, 1.82) is 0 Å². The zero-order valence-corrected chi connectivity index (χ0v) is 19.4. The Labute approximate surface area is 211 Å². The fraction of sp³-hybridized carbons (Fsp3) is 0. The van der Waals surface area contributed by atoms with E-state index in [1.165, 1.54) is 24.3 Å².